The van der Waals surface area contributed by atoms with E-state index in [1.54, 1.807) is 6.07 Å². The summed E-state index contributed by atoms with van der Waals surface area (Å²) in [6, 6.07) is 10.1. The third kappa shape index (κ3) is 4.65. The SMILES string of the molecule is Cc1ccc(F)cc1NC(=O)C(C)N1CCN(Cc2ccccn2)CC1. The fourth-order valence-corrected chi connectivity index (χ4v) is 3.16. The molecule has 1 amide bonds. The molecule has 1 N–H and O–H groups in total. The smallest absolute Gasteiger partial charge is 0.241 e. The second kappa shape index (κ2) is 8.38. The van der Waals surface area contributed by atoms with E-state index in [-0.39, 0.29) is 17.8 Å². The number of anilines is 1. The fraction of sp³-hybridized carbons (Fsp3) is 0.400. The zero-order valence-corrected chi connectivity index (χ0v) is 15.3. The lowest BCUT2D eigenvalue weighted by Crippen LogP contribution is -2.52. The van der Waals surface area contributed by atoms with Gasteiger partial charge in [-0.3, -0.25) is 19.6 Å². The molecular weight excluding hydrogens is 331 g/mol. The number of hydrogen-bond acceptors (Lipinski definition) is 4. The van der Waals surface area contributed by atoms with Crippen LogP contribution in [0.4, 0.5) is 10.1 Å². The molecule has 6 heteroatoms. The van der Waals surface area contributed by atoms with E-state index in [9.17, 15) is 9.18 Å². The lowest BCUT2D eigenvalue weighted by atomic mass is 10.1. The maximum Gasteiger partial charge on any atom is 0.241 e. The first-order valence-corrected chi connectivity index (χ1v) is 8.96. The number of pyridine rings is 1. The van der Waals surface area contributed by atoms with Crippen molar-refractivity contribution in [3.05, 3.63) is 59.7 Å². The Bertz CT molecular complexity index is 745. The summed E-state index contributed by atoms with van der Waals surface area (Å²) in [5, 5.41) is 2.85. The van der Waals surface area contributed by atoms with Crippen LogP contribution in [0, 0.1) is 12.7 Å². The molecule has 0 bridgehead atoms. The molecule has 0 saturated carbocycles. The van der Waals surface area contributed by atoms with Crippen molar-refractivity contribution in [2.45, 2.75) is 26.4 Å². The number of rotatable bonds is 5. The lowest BCUT2D eigenvalue weighted by Gasteiger charge is -2.37. The molecule has 1 aliphatic rings. The summed E-state index contributed by atoms with van der Waals surface area (Å²) in [6.07, 6.45) is 1.81. The molecule has 1 unspecified atom stereocenters. The van der Waals surface area contributed by atoms with Crippen LogP contribution >= 0.6 is 0 Å². The maximum absolute atomic E-state index is 13.4. The number of carbonyl (C=O) groups is 1. The van der Waals surface area contributed by atoms with E-state index < -0.39 is 0 Å². The standard InChI is InChI=1S/C20H25FN4O/c1-15-6-7-17(21)13-19(15)23-20(26)16(2)25-11-9-24(10-12-25)14-18-5-3-4-8-22-18/h3-8,13,16H,9-12,14H2,1-2H3,(H,23,26). The summed E-state index contributed by atoms with van der Waals surface area (Å²) in [6.45, 7) is 8.03. The van der Waals surface area contributed by atoms with Gasteiger partial charge in [0.2, 0.25) is 5.91 Å². The summed E-state index contributed by atoms with van der Waals surface area (Å²) in [7, 11) is 0. The monoisotopic (exact) mass is 356 g/mol. The van der Waals surface area contributed by atoms with Crippen LogP contribution in [0.25, 0.3) is 0 Å². The van der Waals surface area contributed by atoms with Crippen molar-refractivity contribution >= 4 is 11.6 Å². The molecule has 2 heterocycles. The Balaban J connectivity index is 1.52. The van der Waals surface area contributed by atoms with Crippen molar-refractivity contribution < 1.29 is 9.18 Å². The van der Waals surface area contributed by atoms with Gasteiger partial charge in [-0.05, 0) is 43.7 Å². The number of carbonyl (C=O) groups excluding carboxylic acids is 1. The number of piperazine rings is 1. The van der Waals surface area contributed by atoms with Gasteiger partial charge in [0.15, 0.2) is 0 Å². The van der Waals surface area contributed by atoms with E-state index >= 15 is 0 Å². The second-order valence-corrected chi connectivity index (χ2v) is 6.76. The number of aryl methyl sites for hydroxylation is 1. The highest BCUT2D eigenvalue weighted by Gasteiger charge is 2.26. The highest BCUT2D eigenvalue weighted by Crippen LogP contribution is 2.17. The second-order valence-electron chi connectivity index (χ2n) is 6.76. The van der Waals surface area contributed by atoms with Gasteiger partial charge in [-0.1, -0.05) is 12.1 Å². The van der Waals surface area contributed by atoms with Crippen LogP contribution < -0.4 is 5.32 Å². The van der Waals surface area contributed by atoms with Crippen molar-refractivity contribution in [2.75, 3.05) is 31.5 Å². The van der Waals surface area contributed by atoms with Gasteiger partial charge >= 0.3 is 0 Å². The number of amides is 1. The summed E-state index contributed by atoms with van der Waals surface area (Å²) in [4.78, 5) is 21.4. The van der Waals surface area contributed by atoms with E-state index in [1.807, 2.05) is 38.2 Å². The summed E-state index contributed by atoms with van der Waals surface area (Å²) >= 11 is 0. The van der Waals surface area contributed by atoms with Crippen molar-refractivity contribution in [3.8, 4) is 0 Å². The molecule has 5 nitrogen and oxygen atoms in total. The highest BCUT2D eigenvalue weighted by atomic mass is 19.1. The number of nitrogens with zero attached hydrogens (tertiary/aromatic N) is 3. The summed E-state index contributed by atoms with van der Waals surface area (Å²) < 4.78 is 13.4. The molecule has 1 fully saturated rings. The van der Waals surface area contributed by atoms with Gasteiger partial charge in [-0.25, -0.2) is 4.39 Å². The predicted octanol–water partition coefficient (Wildman–Crippen LogP) is 2.67. The lowest BCUT2D eigenvalue weighted by molar-refractivity contribution is -0.121. The Morgan fingerprint density at radius 1 is 1.23 bits per heavy atom. The third-order valence-corrected chi connectivity index (χ3v) is 4.90. The Morgan fingerprint density at radius 2 is 2.00 bits per heavy atom. The quantitative estimate of drug-likeness (QED) is 0.895. The van der Waals surface area contributed by atoms with Crippen molar-refractivity contribution in [3.63, 3.8) is 0 Å². The number of halogens is 1. The minimum atomic E-state index is -0.346. The first-order chi connectivity index (χ1) is 12.5. The number of aromatic nitrogens is 1. The van der Waals surface area contributed by atoms with Crippen LogP contribution in [-0.4, -0.2) is 52.9 Å². The molecule has 1 aliphatic heterocycles. The van der Waals surface area contributed by atoms with Crippen LogP contribution in [-0.2, 0) is 11.3 Å². The van der Waals surface area contributed by atoms with E-state index in [0.717, 1.165) is 44.0 Å². The van der Waals surface area contributed by atoms with Gasteiger partial charge in [-0.15, -0.1) is 0 Å². The minimum absolute atomic E-state index is 0.100. The Hall–Kier alpha value is -2.31. The first kappa shape index (κ1) is 18.5. The van der Waals surface area contributed by atoms with E-state index in [2.05, 4.69) is 20.1 Å². The predicted molar refractivity (Wildman–Crippen MR) is 100 cm³/mol. The van der Waals surface area contributed by atoms with Crippen LogP contribution in [0.1, 0.15) is 18.2 Å². The molecule has 138 valence electrons. The average Bonchev–Trinajstić information content (AvgIpc) is 2.65. The van der Waals surface area contributed by atoms with Crippen molar-refractivity contribution in [1.82, 2.24) is 14.8 Å². The van der Waals surface area contributed by atoms with Crippen LogP contribution in [0.15, 0.2) is 42.6 Å². The summed E-state index contributed by atoms with van der Waals surface area (Å²) in [5.41, 5.74) is 2.45. The molecule has 2 aromatic rings. The molecule has 1 aromatic carbocycles. The van der Waals surface area contributed by atoms with Crippen LogP contribution in [0.3, 0.4) is 0 Å². The molecule has 0 radical (unpaired) electrons. The molecule has 1 saturated heterocycles. The molecule has 26 heavy (non-hydrogen) atoms. The van der Waals surface area contributed by atoms with Gasteiger partial charge in [0.1, 0.15) is 5.82 Å². The molecule has 1 atom stereocenters. The Morgan fingerprint density at radius 3 is 2.69 bits per heavy atom. The fourth-order valence-electron chi connectivity index (χ4n) is 3.16. The Labute approximate surface area is 153 Å². The van der Waals surface area contributed by atoms with Crippen molar-refractivity contribution in [2.24, 2.45) is 0 Å². The topological polar surface area (TPSA) is 48.5 Å². The first-order valence-electron chi connectivity index (χ1n) is 8.96. The van der Waals surface area contributed by atoms with E-state index in [4.69, 9.17) is 0 Å². The summed E-state index contributed by atoms with van der Waals surface area (Å²) in [5.74, 6) is -0.446. The number of nitrogens with one attached hydrogen (secondary N) is 1. The highest BCUT2D eigenvalue weighted by molar-refractivity contribution is 5.95. The molecular formula is C20H25FN4O. The third-order valence-electron chi connectivity index (χ3n) is 4.90. The molecule has 0 aliphatic carbocycles. The van der Waals surface area contributed by atoms with Gasteiger partial charge in [0.25, 0.3) is 0 Å². The van der Waals surface area contributed by atoms with Gasteiger partial charge in [-0.2, -0.15) is 0 Å². The van der Waals surface area contributed by atoms with Gasteiger partial charge in [0, 0.05) is 44.6 Å². The van der Waals surface area contributed by atoms with Crippen LogP contribution in [0.2, 0.25) is 0 Å². The van der Waals surface area contributed by atoms with E-state index in [1.165, 1.54) is 12.1 Å². The molecule has 3 rings (SSSR count). The zero-order chi connectivity index (χ0) is 18.5. The largest absolute Gasteiger partial charge is 0.324 e. The van der Waals surface area contributed by atoms with Gasteiger partial charge < -0.3 is 5.32 Å². The normalized spacial score (nSPS) is 17.0. The molecule has 1 aromatic heterocycles. The zero-order valence-electron chi connectivity index (χ0n) is 15.3. The maximum atomic E-state index is 13.4. The minimum Gasteiger partial charge on any atom is -0.324 e. The average molecular weight is 356 g/mol. The van der Waals surface area contributed by atoms with Crippen LogP contribution in [0.5, 0.6) is 0 Å². The van der Waals surface area contributed by atoms with E-state index in [0.29, 0.717) is 5.69 Å². The number of hydrogen-bond donors (Lipinski definition) is 1. The van der Waals surface area contributed by atoms with Gasteiger partial charge in [0.05, 0.1) is 11.7 Å². The number of benzene rings is 1. The molecule has 0 spiro atoms. The van der Waals surface area contributed by atoms with Crippen molar-refractivity contribution in [1.29, 1.82) is 0 Å². The Kier molecular flexibility index (Phi) is 5.96.